The van der Waals surface area contributed by atoms with E-state index in [1.807, 2.05) is 11.0 Å². The Kier molecular flexibility index (Phi) is 15.4. The van der Waals surface area contributed by atoms with Crippen LogP contribution in [0.2, 0.25) is 0 Å². The minimum Gasteiger partial charge on any atom is -0.384 e. The molecule has 0 aliphatic carbocycles. The van der Waals surface area contributed by atoms with Gasteiger partial charge in [0.25, 0.3) is 11.8 Å². The zero-order valence-corrected chi connectivity index (χ0v) is 41.7. The third-order valence-corrected chi connectivity index (χ3v) is 15.9. The second-order valence-electron chi connectivity index (χ2n) is 21.6. The summed E-state index contributed by atoms with van der Waals surface area (Å²) in [5, 5.41) is 12.2. The van der Waals surface area contributed by atoms with Crippen LogP contribution < -0.4 is 31.1 Å². The van der Waals surface area contributed by atoms with E-state index < -0.39 is 46.8 Å². The number of anilines is 4. The molecule has 3 aromatic rings. The molecule has 4 N–H and O–H groups in total. The van der Waals surface area contributed by atoms with Gasteiger partial charge in [-0.25, -0.2) is 18.7 Å². The molecule has 1 spiro atoms. The molecule has 72 heavy (non-hydrogen) atoms. The van der Waals surface area contributed by atoms with Crippen molar-refractivity contribution < 1.29 is 37.5 Å². The van der Waals surface area contributed by atoms with Crippen LogP contribution in [0.25, 0.3) is 0 Å². The number of likely N-dealkylation sites (tertiary alicyclic amines) is 2. The maximum absolute atomic E-state index is 15.7. The van der Waals surface area contributed by atoms with E-state index in [2.05, 4.69) is 54.9 Å². The zero-order valence-electron chi connectivity index (χ0n) is 41.7. The van der Waals surface area contributed by atoms with Crippen LogP contribution in [-0.2, 0) is 25.7 Å². The first-order valence-corrected chi connectivity index (χ1v) is 26.1. The fourth-order valence-electron chi connectivity index (χ4n) is 11.3. The first kappa shape index (κ1) is 50.7. The quantitative estimate of drug-likeness (QED) is 0.0931. The highest BCUT2D eigenvalue weighted by molar-refractivity contribution is 6.25. The van der Waals surface area contributed by atoms with Gasteiger partial charge in [0.1, 0.15) is 35.6 Å². The van der Waals surface area contributed by atoms with Gasteiger partial charge < -0.3 is 30.7 Å². The average molecular weight is 994 g/mol. The van der Waals surface area contributed by atoms with Crippen LogP contribution in [0.15, 0.2) is 42.7 Å². The number of unbranched alkanes of at least 4 members (excludes halogenated alkanes) is 4. The number of hydrogen-bond donors (Lipinski definition) is 4. The van der Waals surface area contributed by atoms with Crippen LogP contribution in [0.3, 0.4) is 0 Å². The summed E-state index contributed by atoms with van der Waals surface area (Å²) >= 11 is 0. The number of rotatable bonds is 17. The Balaban J connectivity index is 0.653. The largest absolute Gasteiger partial charge is 0.384 e. The minimum absolute atomic E-state index is 0.0304. The summed E-state index contributed by atoms with van der Waals surface area (Å²) in [5.74, 6) is -1.15. The molecule has 17 nitrogen and oxygen atoms in total. The molecule has 0 radical (unpaired) electrons. The highest BCUT2D eigenvalue weighted by Gasteiger charge is 2.46. The number of nitrogens with one attached hydrogen (secondary N) is 4. The Morgan fingerprint density at radius 1 is 0.792 bits per heavy atom. The number of benzene rings is 2. The molecule has 9 rings (SSSR count). The number of fused-ring (bicyclic) bond motifs is 1. The predicted molar refractivity (Wildman–Crippen MR) is 268 cm³/mol. The number of halogens is 2. The van der Waals surface area contributed by atoms with Crippen LogP contribution in [-0.4, -0.2) is 137 Å². The number of hydrogen-bond acceptors (Lipinski definition) is 13. The van der Waals surface area contributed by atoms with Gasteiger partial charge in [0.15, 0.2) is 0 Å². The zero-order chi connectivity index (χ0) is 50.6. The molecule has 1 aromatic heterocycles. The topological polar surface area (TPSA) is 193 Å². The molecule has 2 aromatic carbocycles. The highest BCUT2D eigenvalue weighted by Crippen LogP contribution is 2.36. The summed E-state index contributed by atoms with van der Waals surface area (Å²) in [6.07, 6.45) is 11.9. The van der Waals surface area contributed by atoms with Gasteiger partial charge in [0.05, 0.1) is 28.9 Å². The Bertz CT molecular complexity index is 2530. The molecule has 0 saturated carbocycles. The lowest BCUT2D eigenvalue weighted by atomic mass is 9.82. The van der Waals surface area contributed by atoms with Crippen molar-refractivity contribution in [1.82, 2.24) is 35.3 Å². The number of piperazine rings is 1. The predicted octanol–water partition coefficient (Wildman–Crippen LogP) is 5.86. The number of amides is 6. The van der Waals surface area contributed by atoms with Gasteiger partial charge in [-0.3, -0.25) is 43.9 Å². The van der Waals surface area contributed by atoms with Crippen molar-refractivity contribution in [2.24, 2.45) is 11.3 Å². The van der Waals surface area contributed by atoms with E-state index in [9.17, 15) is 28.8 Å². The Morgan fingerprint density at radius 3 is 2.31 bits per heavy atom. The van der Waals surface area contributed by atoms with Crippen molar-refractivity contribution in [2.45, 2.75) is 122 Å². The van der Waals surface area contributed by atoms with Gasteiger partial charge in [0, 0.05) is 88.6 Å². The van der Waals surface area contributed by atoms with E-state index in [-0.39, 0.29) is 53.4 Å². The van der Waals surface area contributed by atoms with E-state index in [4.69, 9.17) is 0 Å². The molecule has 0 bridgehead atoms. The summed E-state index contributed by atoms with van der Waals surface area (Å²) in [5.41, 5.74) is 1.22. The maximum atomic E-state index is 15.7. The van der Waals surface area contributed by atoms with Crippen molar-refractivity contribution in [3.05, 3.63) is 71.1 Å². The van der Waals surface area contributed by atoms with E-state index in [0.717, 1.165) is 107 Å². The molecule has 6 aliphatic rings. The van der Waals surface area contributed by atoms with E-state index in [1.54, 1.807) is 29.4 Å². The third kappa shape index (κ3) is 11.7. The van der Waals surface area contributed by atoms with E-state index in [1.165, 1.54) is 12.1 Å². The SMILES string of the molecule is CC1(C)CCN(Cc2cc(F)c(N3CC(=O)NC4(CCN(c5cc(NCC6CCN(C(=O)CCCCCCCNc7cccc8c7C(=O)N(C7CCC(=O)NC7=O)C8=O)CC6)ncn5)CC4)C3)cc2F)CC1. The Hall–Kier alpha value is -6.24. The lowest BCUT2D eigenvalue weighted by molar-refractivity contribution is -0.136. The average Bonchev–Trinajstić information content (AvgIpc) is 3.62. The van der Waals surface area contributed by atoms with Crippen molar-refractivity contribution in [2.75, 3.05) is 85.9 Å². The normalized spacial score (nSPS) is 21.5. The molecule has 6 aliphatic heterocycles. The molecule has 1 unspecified atom stereocenters. The van der Waals surface area contributed by atoms with Crippen LogP contribution in [0.4, 0.5) is 31.8 Å². The number of carbonyl (C=O) groups excluding carboxylic acids is 6. The minimum atomic E-state index is -1.01. The third-order valence-electron chi connectivity index (χ3n) is 15.9. The van der Waals surface area contributed by atoms with Gasteiger partial charge in [-0.2, -0.15) is 0 Å². The summed E-state index contributed by atoms with van der Waals surface area (Å²) in [4.78, 5) is 94.8. The van der Waals surface area contributed by atoms with Gasteiger partial charge in [-0.1, -0.05) is 39.2 Å². The van der Waals surface area contributed by atoms with Crippen LogP contribution in [0.1, 0.15) is 130 Å². The molecule has 5 fully saturated rings. The second-order valence-corrected chi connectivity index (χ2v) is 21.6. The number of aromatic nitrogens is 2. The smallest absolute Gasteiger partial charge is 0.264 e. The Labute approximate surface area is 420 Å². The molecule has 1 atom stereocenters. The highest BCUT2D eigenvalue weighted by atomic mass is 19.1. The standard InChI is InChI=1S/C53H69F2N11O6/c1-52(2)16-23-62(24-17-52)31-36-27-39(55)42(28-38(36)54)65-32-46(68)61-53(33-65)18-25-63(26-19-53)44-29-43(58-34-59-44)57-30-35-14-21-64(22-15-35)47(69)11-6-4-3-5-7-20-56-40-10-8-9-37-48(40)51(72)66(50(37)71)41-12-13-45(67)60-49(41)70/h8-10,27-29,34-35,41,56H,3-7,11-26,30-33H2,1-2H3,(H,61,68)(H,57,58,59)(H,60,67,70). The van der Waals surface area contributed by atoms with Crippen LogP contribution in [0, 0.1) is 23.0 Å². The van der Waals surface area contributed by atoms with E-state index >= 15 is 8.78 Å². The van der Waals surface area contributed by atoms with Gasteiger partial charge in [0.2, 0.25) is 23.6 Å². The molecule has 5 saturated heterocycles. The number of piperidine rings is 4. The molecule has 7 heterocycles. The van der Waals surface area contributed by atoms with Gasteiger partial charge >= 0.3 is 0 Å². The van der Waals surface area contributed by atoms with Crippen LogP contribution in [0.5, 0.6) is 0 Å². The summed E-state index contributed by atoms with van der Waals surface area (Å²) in [7, 11) is 0. The fourth-order valence-corrected chi connectivity index (χ4v) is 11.3. The summed E-state index contributed by atoms with van der Waals surface area (Å²) in [6.45, 7) is 10.9. The summed E-state index contributed by atoms with van der Waals surface area (Å²) in [6, 6.07) is 8.58. The van der Waals surface area contributed by atoms with Crippen molar-refractivity contribution in [1.29, 1.82) is 0 Å². The Morgan fingerprint density at radius 2 is 1.54 bits per heavy atom. The molecule has 19 heteroatoms. The van der Waals surface area contributed by atoms with Crippen molar-refractivity contribution in [3.63, 3.8) is 0 Å². The lowest BCUT2D eigenvalue weighted by Crippen LogP contribution is -2.66. The molecule has 6 amide bonds. The number of imide groups is 2. The number of nitrogens with zero attached hydrogens (tertiary/aromatic N) is 7. The molecular formula is C53H69F2N11O6. The van der Waals surface area contributed by atoms with Crippen molar-refractivity contribution >= 4 is 58.5 Å². The van der Waals surface area contributed by atoms with Crippen molar-refractivity contribution in [3.8, 4) is 0 Å². The second kappa shape index (κ2) is 21.9. The molecular weight excluding hydrogens is 925 g/mol. The van der Waals surface area contributed by atoms with E-state index in [0.29, 0.717) is 69.2 Å². The first-order chi connectivity index (χ1) is 34.6. The summed E-state index contributed by atoms with van der Waals surface area (Å²) < 4.78 is 31.2. The first-order valence-electron chi connectivity index (χ1n) is 26.1. The fraction of sp³-hybridized carbons (Fsp3) is 0.585. The molecule has 386 valence electrons. The monoisotopic (exact) mass is 994 g/mol. The van der Waals surface area contributed by atoms with Gasteiger partial charge in [-0.05, 0) is 100 Å². The van der Waals surface area contributed by atoms with Crippen LogP contribution >= 0.6 is 0 Å². The number of carbonyl (C=O) groups is 6. The lowest BCUT2D eigenvalue weighted by Gasteiger charge is -2.48. The van der Waals surface area contributed by atoms with Gasteiger partial charge in [-0.15, -0.1) is 0 Å². The maximum Gasteiger partial charge on any atom is 0.264 e.